The van der Waals surface area contributed by atoms with Gasteiger partial charge >= 0.3 is 5.97 Å². The Balaban J connectivity index is 1.62. The molecule has 0 aliphatic rings. The third-order valence-corrected chi connectivity index (χ3v) is 5.25. The van der Waals surface area contributed by atoms with Crippen LogP contribution in [0.25, 0.3) is 11.4 Å². The van der Waals surface area contributed by atoms with Crippen LogP contribution in [-0.2, 0) is 16.0 Å². The van der Waals surface area contributed by atoms with E-state index in [4.69, 9.17) is 14.6 Å². The molecule has 0 amide bonds. The monoisotopic (exact) mass is 442 g/mol. The number of carboxylic acids is 1. The molecule has 6 heteroatoms. The van der Waals surface area contributed by atoms with Crippen LogP contribution in [-0.4, -0.2) is 40.9 Å². The quantitative estimate of drug-likeness (QED) is 0.281. The van der Waals surface area contributed by atoms with E-state index in [2.05, 4.69) is 41.2 Å². The van der Waals surface area contributed by atoms with E-state index in [-0.39, 0.29) is 0 Å². The number of carbonyl (C=O) groups is 1. The molecule has 0 saturated carbocycles. The maximum absolute atomic E-state index is 10.5. The third-order valence-electron chi connectivity index (χ3n) is 5.25. The fraction of sp³-hybridized carbons (Fsp3) is 0.577. The van der Waals surface area contributed by atoms with Gasteiger partial charge in [0.2, 0.25) is 0 Å². The molecular formula is C26H38N2O4. The van der Waals surface area contributed by atoms with Gasteiger partial charge in [-0.15, -0.1) is 0 Å². The summed E-state index contributed by atoms with van der Waals surface area (Å²) in [6, 6.07) is 8.45. The number of aromatic nitrogens is 2. The number of nitrogens with zero attached hydrogens (tertiary/aromatic N) is 2. The Morgan fingerprint density at radius 3 is 2.19 bits per heavy atom. The van der Waals surface area contributed by atoms with E-state index in [1.165, 1.54) is 18.4 Å². The van der Waals surface area contributed by atoms with Gasteiger partial charge in [0.05, 0.1) is 19.0 Å². The summed E-state index contributed by atoms with van der Waals surface area (Å²) >= 11 is 0. The van der Waals surface area contributed by atoms with Gasteiger partial charge in [-0.3, -0.25) is 4.79 Å². The van der Waals surface area contributed by atoms with Crippen LogP contribution in [0, 0.1) is 0 Å². The Kier molecular flexibility index (Phi) is 13.1. The maximum atomic E-state index is 10.5. The molecule has 0 bridgehead atoms. The summed E-state index contributed by atoms with van der Waals surface area (Å²) in [7, 11) is 0. The lowest BCUT2D eigenvalue weighted by Gasteiger charge is -2.07. The average molecular weight is 443 g/mol. The summed E-state index contributed by atoms with van der Waals surface area (Å²) in [4.78, 5) is 19.4. The number of benzene rings is 1. The Hall–Kier alpha value is -2.47. The van der Waals surface area contributed by atoms with Crippen LogP contribution in [0.1, 0.15) is 76.7 Å². The van der Waals surface area contributed by atoms with Gasteiger partial charge in [-0.1, -0.05) is 56.9 Å². The number of hydrogen-bond acceptors (Lipinski definition) is 5. The van der Waals surface area contributed by atoms with E-state index in [1.807, 2.05) is 0 Å². The molecule has 1 aromatic heterocycles. The lowest BCUT2D eigenvalue weighted by atomic mass is 10.0. The van der Waals surface area contributed by atoms with Crippen LogP contribution < -0.4 is 4.74 Å². The fourth-order valence-corrected chi connectivity index (χ4v) is 3.42. The fourth-order valence-electron chi connectivity index (χ4n) is 3.42. The lowest BCUT2D eigenvalue weighted by molar-refractivity contribution is -0.137. The van der Waals surface area contributed by atoms with Crippen LogP contribution in [0.3, 0.4) is 0 Å². The predicted molar refractivity (Wildman–Crippen MR) is 127 cm³/mol. The van der Waals surface area contributed by atoms with Crippen molar-refractivity contribution in [3.8, 4) is 17.1 Å². The van der Waals surface area contributed by atoms with Gasteiger partial charge in [-0.05, 0) is 44.1 Å². The van der Waals surface area contributed by atoms with E-state index in [1.54, 1.807) is 12.4 Å². The second kappa shape index (κ2) is 16.2. The van der Waals surface area contributed by atoms with Crippen molar-refractivity contribution in [1.82, 2.24) is 9.97 Å². The molecule has 0 radical (unpaired) electrons. The first kappa shape index (κ1) is 25.8. The molecule has 0 aliphatic heterocycles. The van der Waals surface area contributed by atoms with Crippen LogP contribution in [0.15, 0.2) is 36.7 Å². The van der Waals surface area contributed by atoms with Gasteiger partial charge in [-0.2, -0.15) is 0 Å². The zero-order valence-electron chi connectivity index (χ0n) is 19.4. The van der Waals surface area contributed by atoms with Crippen molar-refractivity contribution in [2.24, 2.45) is 0 Å². The topological polar surface area (TPSA) is 81.5 Å². The van der Waals surface area contributed by atoms with E-state index in [0.717, 1.165) is 70.1 Å². The Labute approximate surface area is 192 Å². The Bertz CT molecular complexity index is 747. The minimum Gasteiger partial charge on any atom is -0.490 e. The highest BCUT2D eigenvalue weighted by Crippen LogP contribution is 2.19. The number of aliphatic carboxylic acids is 1. The number of aryl methyl sites for hydroxylation is 1. The highest BCUT2D eigenvalue weighted by Gasteiger charge is 2.03. The van der Waals surface area contributed by atoms with Crippen LogP contribution in [0.5, 0.6) is 5.75 Å². The molecule has 0 saturated heterocycles. The largest absolute Gasteiger partial charge is 0.490 e. The Morgan fingerprint density at radius 1 is 0.844 bits per heavy atom. The van der Waals surface area contributed by atoms with Gasteiger partial charge in [-0.25, -0.2) is 9.97 Å². The van der Waals surface area contributed by atoms with Crippen molar-refractivity contribution in [2.75, 3.05) is 19.8 Å². The number of ether oxygens (including phenoxy) is 2. The van der Waals surface area contributed by atoms with Crippen LogP contribution in [0.2, 0.25) is 0 Å². The molecule has 1 N–H and O–H groups in total. The van der Waals surface area contributed by atoms with Gasteiger partial charge in [0.25, 0.3) is 0 Å². The maximum Gasteiger partial charge on any atom is 0.303 e. The molecule has 32 heavy (non-hydrogen) atoms. The summed E-state index contributed by atoms with van der Waals surface area (Å²) in [5, 5.41) is 8.64. The Morgan fingerprint density at radius 2 is 1.50 bits per heavy atom. The highest BCUT2D eigenvalue weighted by atomic mass is 16.5. The minimum atomic E-state index is -0.692. The molecule has 176 valence electrons. The van der Waals surface area contributed by atoms with Crippen molar-refractivity contribution in [3.63, 3.8) is 0 Å². The van der Waals surface area contributed by atoms with Gasteiger partial charge in [0, 0.05) is 25.2 Å². The van der Waals surface area contributed by atoms with Gasteiger partial charge in [0.15, 0.2) is 11.6 Å². The number of unbranched alkanes of at least 4 members (excludes halogenated alkanes) is 6. The standard InChI is InChI=1S/C26H38N2O4/c1-2-17-31-18-9-10-19-32-24-20-27-26(28-21-24)23-15-13-22(14-16-23)11-7-5-3-4-6-8-12-25(29)30/h13-16,20-21H,2-12,17-19H2,1H3,(H,29,30). The molecule has 2 rings (SSSR count). The van der Waals surface area contributed by atoms with E-state index < -0.39 is 5.97 Å². The molecule has 1 heterocycles. The molecule has 0 atom stereocenters. The van der Waals surface area contributed by atoms with Gasteiger partial charge in [0.1, 0.15) is 0 Å². The van der Waals surface area contributed by atoms with Crippen molar-refractivity contribution in [1.29, 1.82) is 0 Å². The van der Waals surface area contributed by atoms with Crippen LogP contribution >= 0.6 is 0 Å². The summed E-state index contributed by atoms with van der Waals surface area (Å²) in [5.41, 5.74) is 2.33. The zero-order chi connectivity index (χ0) is 22.9. The number of hydrogen-bond donors (Lipinski definition) is 1. The molecule has 1 aromatic carbocycles. The summed E-state index contributed by atoms with van der Waals surface area (Å²) in [5.74, 6) is 0.712. The van der Waals surface area contributed by atoms with E-state index >= 15 is 0 Å². The molecule has 2 aromatic rings. The lowest BCUT2D eigenvalue weighted by Crippen LogP contribution is -2.02. The second-order valence-electron chi connectivity index (χ2n) is 8.12. The number of carboxylic acid groups (broad SMARTS) is 1. The SMILES string of the molecule is CCCOCCCCOc1cnc(-c2ccc(CCCCCCCCC(=O)O)cc2)nc1. The van der Waals surface area contributed by atoms with Crippen molar-refractivity contribution >= 4 is 5.97 Å². The third kappa shape index (κ3) is 11.2. The summed E-state index contributed by atoms with van der Waals surface area (Å²) in [6.45, 7) is 4.38. The van der Waals surface area contributed by atoms with Crippen molar-refractivity contribution < 1.29 is 19.4 Å². The van der Waals surface area contributed by atoms with Crippen molar-refractivity contribution in [2.45, 2.75) is 77.6 Å². The van der Waals surface area contributed by atoms with Crippen molar-refractivity contribution in [3.05, 3.63) is 42.2 Å². The summed E-state index contributed by atoms with van der Waals surface area (Å²) < 4.78 is 11.2. The molecule has 0 aliphatic carbocycles. The first-order valence-electron chi connectivity index (χ1n) is 12.0. The van der Waals surface area contributed by atoms with E-state index in [0.29, 0.717) is 24.6 Å². The smallest absolute Gasteiger partial charge is 0.303 e. The predicted octanol–water partition coefficient (Wildman–Crippen LogP) is 6.09. The molecule has 0 spiro atoms. The average Bonchev–Trinajstić information content (AvgIpc) is 2.81. The normalized spacial score (nSPS) is 10.9. The first-order valence-corrected chi connectivity index (χ1v) is 12.0. The number of rotatable bonds is 18. The first-order chi connectivity index (χ1) is 15.7. The minimum absolute atomic E-state index is 0.293. The van der Waals surface area contributed by atoms with Gasteiger partial charge < -0.3 is 14.6 Å². The van der Waals surface area contributed by atoms with Crippen LogP contribution in [0.4, 0.5) is 0 Å². The molecule has 6 nitrogen and oxygen atoms in total. The summed E-state index contributed by atoms with van der Waals surface area (Å²) in [6.07, 6.45) is 14.3. The zero-order valence-corrected chi connectivity index (χ0v) is 19.4. The molecular weight excluding hydrogens is 404 g/mol. The highest BCUT2D eigenvalue weighted by molar-refractivity contribution is 5.66. The molecule has 0 unspecified atom stereocenters. The second-order valence-corrected chi connectivity index (χ2v) is 8.12. The van der Waals surface area contributed by atoms with E-state index in [9.17, 15) is 4.79 Å². The molecule has 0 fully saturated rings.